The van der Waals surface area contributed by atoms with Gasteiger partial charge in [-0.15, -0.1) is 0 Å². The molecule has 252 valence electrons. The van der Waals surface area contributed by atoms with Crippen LogP contribution in [0.4, 0.5) is 0 Å². The number of methoxy groups -OCH3 is 1. The van der Waals surface area contributed by atoms with Crippen LogP contribution >= 0.6 is 0 Å². The molecule has 0 aliphatic heterocycles. The number of esters is 2. The van der Waals surface area contributed by atoms with Crippen molar-refractivity contribution in [2.75, 3.05) is 13.7 Å². The number of allylic oxidation sites excluding steroid dienone is 1. The number of aliphatic hydroxyl groups is 1. The number of benzene rings is 1. The van der Waals surface area contributed by atoms with Crippen LogP contribution in [0.3, 0.4) is 0 Å². The molecule has 1 aromatic carbocycles. The van der Waals surface area contributed by atoms with Crippen LogP contribution < -0.4 is 5.32 Å². The van der Waals surface area contributed by atoms with E-state index >= 15 is 0 Å². The molecule has 3 N–H and O–H groups in total. The second kappa shape index (κ2) is 12.7. The summed E-state index contributed by atoms with van der Waals surface area (Å²) < 4.78 is 10.2. The summed E-state index contributed by atoms with van der Waals surface area (Å²) in [5.74, 6) is -1.14. The second-order valence-electron chi connectivity index (χ2n) is 14.6. The molecule has 2 aromatic rings. The number of rotatable bonds is 10. The van der Waals surface area contributed by atoms with E-state index in [1.54, 1.807) is 6.20 Å². The third-order valence-electron chi connectivity index (χ3n) is 12.4. The zero-order valence-corrected chi connectivity index (χ0v) is 27.6. The molecule has 4 aliphatic carbocycles. The van der Waals surface area contributed by atoms with Crippen LogP contribution in [0.5, 0.6) is 0 Å². The highest BCUT2D eigenvalue weighted by molar-refractivity contribution is 5.93. The van der Waals surface area contributed by atoms with Crippen LogP contribution in [-0.2, 0) is 39.9 Å². The monoisotopic (exact) mass is 646 g/mol. The highest BCUT2D eigenvalue weighted by Gasteiger charge is 2.66. The largest absolute Gasteiger partial charge is 0.467 e. The van der Waals surface area contributed by atoms with Gasteiger partial charge in [0.2, 0.25) is 11.7 Å². The van der Waals surface area contributed by atoms with Crippen molar-refractivity contribution in [3.8, 4) is 0 Å². The lowest BCUT2D eigenvalue weighted by Crippen LogP contribution is -2.58. The Bertz CT molecular complexity index is 1630. The van der Waals surface area contributed by atoms with Gasteiger partial charge in [-0.25, -0.2) is 4.79 Å². The number of carbonyl (C=O) groups excluding carboxylic acids is 5. The molecule has 3 fully saturated rings. The molecule has 0 radical (unpaired) electrons. The van der Waals surface area contributed by atoms with Crippen molar-refractivity contribution in [1.29, 1.82) is 0 Å². The molecule has 1 amide bonds. The number of carbonyl (C=O) groups is 5. The molecular formula is C37H46N2O8. The van der Waals surface area contributed by atoms with Gasteiger partial charge in [0.15, 0.2) is 12.4 Å². The molecule has 47 heavy (non-hydrogen) atoms. The highest BCUT2D eigenvalue weighted by Crippen LogP contribution is 2.67. The average molecular weight is 647 g/mol. The lowest BCUT2D eigenvalue weighted by molar-refractivity contribution is -0.170. The third kappa shape index (κ3) is 5.83. The number of H-pyrrole nitrogens is 1. The van der Waals surface area contributed by atoms with Gasteiger partial charge in [0.25, 0.3) is 0 Å². The number of para-hydroxylation sites is 1. The smallest absolute Gasteiger partial charge is 0.328 e. The quantitative estimate of drug-likeness (QED) is 0.319. The normalized spacial score (nSPS) is 32.0. The fraction of sp³-hybridized carbons (Fsp3) is 0.595. The number of aromatic nitrogens is 1. The Hall–Kier alpha value is -3.79. The average Bonchev–Trinajstić information content (AvgIpc) is 3.60. The van der Waals surface area contributed by atoms with Crippen molar-refractivity contribution in [3.63, 3.8) is 0 Å². The second-order valence-corrected chi connectivity index (χ2v) is 14.6. The molecule has 7 atom stereocenters. The van der Waals surface area contributed by atoms with E-state index in [2.05, 4.69) is 17.2 Å². The number of ketones is 2. The van der Waals surface area contributed by atoms with Crippen molar-refractivity contribution >= 4 is 40.3 Å². The molecule has 10 nitrogen and oxygen atoms in total. The summed E-state index contributed by atoms with van der Waals surface area (Å²) in [5.41, 5.74) is 0.819. The topological polar surface area (TPSA) is 152 Å². The van der Waals surface area contributed by atoms with Crippen molar-refractivity contribution in [2.45, 2.75) is 96.1 Å². The molecule has 10 heteroatoms. The summed E-state index contributed by atoms with van der Waals surface area (Å²) in [6.45, 7) is 3.78. The van der Waals surface area contributed by atoms with E-state index in [1.807, 2.05) is 37.3 Å². The van der Waals surface area contributed by atoms with Gasteiger partial charge in [0.1, 0.15) is 11.6 Å². The van der Waals surface area contributed by atoms with Gasteiger partial charge in [-0.05, 0) is 85.8 Å². The summed E-state index contributed by atoms with van der Waals surface area (Å²) in [5, 5.41) is 15.5. The van der Waals surface area contributed by atoms with Crippen LogP contribution in [0.15, 0.2) is 42.1 Å². The Kier molecular flexibility index (Phi) is 8.93. The van der Waals surface area contributed by atoms with Crippen molar-refractivity contribution < 1.29 is 38.6 Å². The first-order valence-corrected chi connectivity index (χ1v) is 17.0. The van der Waals surface area contributed by atoms with Gasteiger partial charge < -0.3 is 24.9 Å². The lowest BCUT2D eigenvalue weighted by atomic mass is 9.46. The molecular weight excluding hydrogens is 600 g/mol. The minimum atomic E-state index is -1.59. The van der Waals surface area contributed by atoms with E-state index in [1.165, 1.54) is 12.7 Å². The van der Waals surface area contributed by atoms with Crippen LogP contribution in [0.25, 0.3) is 10.9 Å². The zero-order chi connectivity index (χ0) is 33.6. The highest BCUT2D eigenvalue weighted by atomic mass is 16.5. The first-order chi connectivity index (χ1) is 22.4. The number of amides is 1. The molecule has 0 saturated heterocycles. The van der Waals surface area contributed by atoms with Gasteiger partial charge >= 0.3 is 11.9 Å². The molecule has 1 aromatic heterocycles. The first-order valence-electron chi connectivity index (χ1n) is 17.0. The number of hydrogen-bond acceptors (Lipinski definition) is 8. The van der Waals surface area contributed by atoms with E-state index < -0.39 is 47.3 Å². The van der Waals surface area contributed by atoms with Crippen molar-refractivity contribution in [3.05, 3.63) is 47.7 Å². The van der Waals surface area contributed by atoms with Gasteiger partial charge in [0.05, 0.1) is 13.5 Å². The minimum Gasteiger partial charge on any atom is -0.467 e. The number of fused-ring (bicyclic) bond motifs is 6. The standard InChI is InChI=1S/C37H46N2O8/c1-35-15-12-24(40)19-23(35)8-9-26-27(35)13-16-36(2)28(26)14-17-37(36,45)31(41)21-47-33(43)11-10-32(42)39-30(34(44)46-3)18-22-20-38-29-7-5-4-6-25(22)29/h4-7,19-20,26-28,30,38,45H,8-18,21H2,1-3H3,(H,39,42). The predicted molar refractivity (Wildman–Crippen MR) is 173 cm³/mol. The summed E-state index contributed by atoms with van der Waals surface area (Å²) in [4.78, 5) is 66.7. The molecule has 0 bridgehead atoms. The Morgan fingerprint density at radius 1 is 1.02 bits per heavy atom. The molecule has 0 spiro atoms. The SMILES string of the molecule is COC(=O)C(Cc1c[nH]c2ccccc12)NC(=O)CCC(=O)OCC(=O)C1(O)CCC2C3CCC4=CC(=O)CCC4(C)C3CCC21C. The minimum absolute atomic E-state index is 0.00200. The molecule has 3 saturated carbocycles. The molecule has 4 aliphatic rings. The van der Waals surface area contributed by atoms with E-state index in [9.17, 15) is 29.1 Å². The number of aromatic amines is 1. The van der Waals surface area contributed by atoms with Gasteiger partial charge in [-0.3, -0.25) is 19.2 Å². The number of nitrogens with one attached hydrogen (secondary N) is 2. The zero-order valence-electron chi connectivity index (χ0n) is 27.6. The fourth-order valence-electron chi connectivity index (χ4n) is 9.71. The Balaban J connectivity index is 1.02. The van der Waals surface area contributed by atoms with E-state index in [-0.39, 0.29) is 36.4 Å². The Labute approximate surface area is 275 Å². The maximum absolute atomic E-state index is 13.5. The number of hydrogen-bond donors (Lipinski definition) is 3. The first kappa shape index (κ1) is 33.1. The van der Waals surface area contributed by atoms with Crippen molar-refractivity contribution in [2.24, 2.45) is 28.6 Å². The number of Topliss-reactive ketones (excluding diaryl/α,β-unsaturated/α-hetero) is 1. The maximum atomic E-state index is 13.5. The van der Waals surface area contributed by atoms with Crippen LogP contribution in [-0.4, -0.2) is 64.9 Å². The maximum Gasteiger partial charge on any atom is 0.328 e. The summed E-state index contributed by atoms with van der Waals surface area (Å²) >= 11 is 0. The van der Waals surface area contributed by atoms with Crippen LogP contribution in [0.2, 0.25) is 0 Å². The number of ether oxygens (including phenoxy) is 2. The van der Waals surface area contributed by atoms with Crippen LogP contribution in [0.1, 0.15) is 83.6 Å². The van der Waals surface area contributed by atoms with Crippen LogP contribution in [0, 0.1) is 28.6 Å². The predicted octanol–water partition coefficient (Wildman–Crippen LogP) is 4.52. The Morgan fingerprint density at radius 3 is 2.57 bits per heavy atom. The Morgan fingerprint density at radius 2 is 1.79 bits per heavy atom. The molecule has 1 heterocycles. The fourth-order valence-corrected chi connectivity index (χ4v) is 9.71. The van der Waals surface area contributed by atoms with E-state index in [4.69, 9.17) is 9.47 Å². The lowest BCUT2D eigenvalue weighted by Gasteiger charge is -2.58. The summed E-state index contributed by atoms with van der Waals surface area (Å²) in [6.07, 6.45) is 9.31. The van der Waals surface area contributed by atoms with Gasteiger partial charge in [-0.2, -0.15) is 0 Å². The molecule has 6 rings (SSSR count). The van der Waals surface area contributed by atoms with Crippen molar-refractivity contribution in [1.82, 2.24) is 10.3 Å². The van der Waals surface area contributed by atoms with E-state index in [0.717, 1.165) is 48.6 Å². The molecule has 7 unspecified atom stereocenters. The van der Waals surface area contributed by atoms with E-state index in [0.29, 0.717) is 31.1 Å². The third-order valence-corrected chi connectivity index (χ3v) is 12.4. The summed E-state index contributed by atoms with van der Waals surface area (Å²) in [6, 6.07) is 6.68. The van der Waals surface area contributed by atoms with Gasteiger partial charge in [-0.1, -0.05) is 37.6 Å². The summed E-state index contributed by atoms with van der Waals surface area (Å²) in [7, 11) is 1.25. The van der Waals surface area contributed by atoms with Gasteiger partial charge in [0, 0.05) is 41.8 Å².